The molecular formula is C32H34O6S. The minimum atomic E-state index is -0.404. The van der Waals surface area contributed by atoms with Gasteiger partial charge in [-0.2, -0.15) is 0 Å². The Balaban J connectivity index is 1.41. The van der Waals surface area contributed by atoms with Crippen molar-refractivity contribution in [1.82, 2.24) is 0 Å². The summed E-state index contributed by atoms with van der Waals surface area (Å²) in [5.74, 6) is 1.13. The molecule has 0 fully saturated rings. The van der Waals surface area contributed by atoms with Crippen molar-refractivity contribution in [2.24, 2.45) is 0 Å². The van der Waals surface area contributed by atoms with Crippen LogP contribution in [0.4, 0.5) is 0 Å². The lowest BCUT2D eigenvalue weighted by Gasteiger charge is -2.09. The van der Waals surface area contributed by atoms with E-state index in [9.17, 15) is 9.59 Å². The van der Waals surface area contributed by atoms with Crippen molar-refractivity contribution >= 4 is 22.8 Å². The van der Waals surface area contributed by atoms with Crippen molar-refractivity contribution in [2.45, 2.75) is 30.6 Å². The highest BCUT2D eigenvalue weighted by molar-refractivity contribution is 8.14. The highest BCUT2D eigenvalue weighted by Crippen LogP contribution is 2.28. The van der Waals surface area contributed by atoms with Crippen LogP contribution in [-0.2, 0) is 14.3 Å². The Kier molecular flexibility index (Phi) is 12.7. The van der Waals surface area contributed by atoms with Crippen LogP contribution in [0, 0.1) is 0 Å². The zero-order chi connectivity index (χ0) is 27.7. The minimum Gasteiger partial charge on any atom is -0.502 e. The predicted molar refractivity (Wildman–Crippen MR) is 155 cm³/mol. The molecule has 0 heterocycles. The second-order valence-electron chi connectivity index (χ2n) is 8.48. The fraction of sp³-hybridized carbons (Fsp3) is 0.250. The number of esters is 1. The zero-order valence-electron chi connectivity index (χ0n) is 22.0. The molecule has 0 saturated heterocycles. The molecule has 0 spiro atoms. The maximum Gasteiger partial charge on any atom is 0.330 e. The third-order valence-corrected chi connectivity index (χ3v) is 6.53. The largest absolute Gasteiger partial charge is 0.502 e. The maximum absolute atomic E-state index is 12.7. The highest BCUT2D eigenvalue weighted by Gasteiger charge is 2.09. The van der Waals surface area contributed by atoms with Crippen LogP contribution in [0.2, 0.25) is 0 Å². The van der Waals surface area contributed by atoms with Gasteiger partial charge in [-0.3, -0.25) is 4.79 Å². The molecule has 204 valence electrons. The lowest BCUT2D eigenvalue weighted by Crippen LogP contribution is -2.04. The second kappa shape index (κ2) is 16.8. The van der Waals surface area contributed by atoms with Gasteiger partial charge in [0.05, 0.1) is 32.7 Å². The van der Waals surface area contributed by atoms with Crippen LogP contribution in [-0.4, -0.2) is 37.5 Å². The molecule has 0 aliphatic rings. The molecule has 3 aromatic carbocycles. The first-order valence-corrected chi connectivity index (χ1v) is 13.7. The summed E-state index contributed by atoms with van der Waals surface area (Å²) in [6.07, 6.45) is 5.91. The summed E-state index contributed by atoms with van der Waals surface area (Å²) in [6.45, 7) is 9.03. The molecule has 0 atom stereocenters. The van der Waals surface area contributed by atoms with Gasteiger partial charge in [-0.05, 0) is 97.1 Å². The third-order valence-electron chi connectivity index (χ3n) is 5.60. The summed E-state index contributed by atoms with van der Waals surface area (Å²) in [7, 11) is 0. The van der Waals surface area contributed by atoms with E-state index in [1.54, 1.807) is 12.1 Å². The molecule has 0 aliphatic carbocycles. The van der Waals surface area contributed by atoms with Gasteiger partial charge in [-0.25, -0.2) is 4.79 Å². The summed E-state index contributed by atoms with van der Waals surface area (Å²) in [5, 5.41) is -0.0174. The Morgan fingerprint density at radius 3 is 1.74 bits per heavy atom. The number of ether oxygens (including phenoxy) is 4. The number of unbranched alkanes of at least 4 members (excludes halogenated alkanes) is 2. The van der Waals surface area contributed by atoms with Crippen molar-refractivity contribution in [3.05, 3.63) is 104 Å². The first-order chi connectivity index (χ1) is 19.1. The van der Waals surface area contributed by atoms with Crippen molar-refractivity contribution < 1.29 is 28.5 Å². The average Bonchev–Trinajstić information content (AvgIpc) is 2.97. The van der Waals surface area contributed by atoms with Gasteiger partial charge in [-0.15, -0.1) is 0 Å². The molecule has 0 N–H and O–H groups in total. The van der Waals surface area contributed by atoms with Crippen LogP contribution in [0.25, 0.3) is 11.1 Å². The highest BCUT2D eigenvalue weighted by atomic mass is 32.2. The number of rotatable bonds is 17. The van der Waals surface area contributed by atoms with E-state index < -0.39 is 5.97 Å². The molecule has 6 nitrogen and oxygen atoms in total. The van der Waals surface area contributed by atoms with E-state index in [0.29, 0.717) is 32.0 Å². The summed E-state index contributed by atoms with van der Waals surface area (Å²) in [6, 6.07) is 23.0. The first kappa shape index (κ1) is 29.6. The molecular weight excluding hydrogens is 512 g/mol. The predicted octanol–water partition coefficient (Wildman–Crippen LogP) is 7.49. The van der Waals surface area contributed by atoms with E-state index in [1.807, 2.05) is 60.7 Å². The van der Waals surface area contributed by atoms with Crippen molar-refractivity contribution in [3.8, 4) is 22.6 Å². The van der Waals surface area contributed by atoms with Gasteiger partial charge in [-0.1, -0.05) is 37.4 Å². The Bertz CT molecular complexity index is 1190. The van der Waals surface area contributed by atoms with E-state index >= 15 is 0 Å². The van der Waals surface area contributed by atoms with E-state index in [4.69, 9.17) is 18.9 Å². The van der Waals surface area contributed by atoms with Crippen molar-refractivity contribution in [1.29, 1.82) is 0 Å². The van der Waals surface area contributed by atoms with Gasteiger partial charge in [0, 0.05) is 16.5 Å². The molecule has 7 heteroatoms. The molecule has 0 saturated carbocycles. The van der Waals surface area contributed by atoms with Gasteiger partial charge in [0.1, 0.15) is 11.5 Å². The Morgan fingerprint density at radius 1 is 0.667 bits per heavy atom. The van der Waals surface area contributed by atoms with Gasteiger partial charge in [0.2, 0.25) is 5.12 Å². The van der Waals surface area contributed by atoms with Gasteiger partial charge in [0.25, 0.3) is 0 Å². The number of benzene rings is 3. The van der Waals surface area contributed by atoms with Crippen molar-refractivity contribution in [3.63, 3.8) is 0 Å². The van der Waals surface area contributed by atoms with Crippen LogP contribution in [0.5, 0.6) is 11.5 Å². The lowest BCUT2D eigenvalue weighted by atomic mass is 10.1. The molecule has 0 aromatic heterocycles. The Labute approximate surface area is 234 Å². The van der Waals surface area contributed by atoms with Crippen LogP contribution in [0.1, 0.15) is 36.0 Å². The standard InChI is InChI=1S/C32H34O6S/c1-3-31(33)38-24-8-7-23-37-28-15-9-25(10-16-28)26-13-19-30(20-14-26)39-32(34)27-11-17-29(18-12-27)36-22-6-5-21-35-4-2/h3-4,9-20H,1-2,5-8,21-24H2. The Hall–Kier alpha value is -3.97. The quantitative estimate of drug-likeness (QED) is 0.0571. The van der Waals surface area contributed by atoms with Crippen molar-refractivity contribution in [2.75, 3.05) is 26.4 Å². The molecule has 0 amide bonds. The molecule has 0 bridgehead atoms. The third kappa shape index (κ3) is 10.7. The zero-order valence-corrected chi connectivity index (χ0v) is 22.8. The number of carbonyl (C=O) groups is 2. The molecule has 3 rings (SSSR count). The average molecular weight is 547 g/mol. The monoisotopic (exact) mass is 546 g/mol. The van der Waals surface area contributed by atoms with E-state index in [2.05, 4.69) is 13.2 Å². The molecule has 0 radical (unpaired) electrons. The Morgan fingerprint density at radius 2 is 1.18 bits per heavy atom. The summed E-state index contributed by atoms with van der Waals surface area (Å²) < 4.78 is 21.5. The summed E-state index contributed by atoms with van der Waals surface area (Å²) in [4.78, 5) is 24.6. The molecule has 0 aliphatic heterocycles. The smallest absolute Gasteiger partial charge is 0.330 e. The van der Waals surface area contributed by atoms with Crippen LogP contribution < -0.4 is 9.47 Å². The molecule has 0 unspecified atom stereocenters. The summed E-state index contributed by atoms with van der Waals surface area (Å²) >= 11 is 1.20. The normalized spacial score (nSPS) is 10.4. The van der Waals surface area contributed by atoms with Gasteiger partial charge < -0.3 is 18.9 Å². The van der Waals surface area contributed by atoms with Crippen LogP contribution in [0.15, 0.2) is 103 Å². The number of carbonyl (C=O) groups excluding carboxylic acids is 2. The van der Waals surface area contributed by atoms with Gasteiger partial charge in [0.15, 0.2) is 0 Å². The minimum absolute atomic E-state index is 0.0174. The number of hydrogen-bond acceptors (Lipinski definition) is 7. The van der Waals surface area contributed by atoms with Crippen LogP contribution >= 0.6 is 11.8 Å². The first-order valence-electron chi connectivity index (χ1n) is 12.9. The number of hydrogen-bond donors (Lipinski definition) is 0. The lowest BCUT2D eigenvalue weighted by molar-refractivity contribution is -0.137. The van der Waals surface area contributed by atoms with Gasteiger partial charge >= 0.3 is 5.97 Å². The molecule has 3 aromatic rings. The van der Waals surface area contributed by atoms with Crippen LogP contribution in [0.3, 0.4) is 0 Å². The van der Waals surface area contributed by atoms with E-state index in [1.165, 1.54) is 18.0 Å². The maximum atomic E-state index is 12.7. The fourth-order valence-corrected chi connectivity index (χ4v) is 4.24. The molecule has 39 heavy (non-hydrogen) atoms. The van der Waals surface area contributed by atoms with E-state index in [-0.39, 0.29) is 5.12 Å². The second-order valence-corrected chi connectivity index (χ2v) is 9.53. The number of thioether (sulfide) groups is 1. The SMILES string of the molecule is C=COCCCCOc1ccc(C(=O)Sc2ccc(-c3ccc(OCCCCOC(=O)C=C)cc3)cc2)cc1. The topological polar surface area (TPSA) is 71.1 Å². The fourth-order valence-electron chi connectivity index (χ4n) is 3.50. The van der Waals surface area contributed by atoms with E-state index in [0.717, 1.165) is 59.3 Å². The summed E-state index contributed by atoms with van der Waals surface area (Å²) in [5.41, 5.74) is 2.74.